The lowest BCUT2D eigenvalue weighted by Gasteiger charge is -2.06. The van der Waals surface area contributed by atoms with Gasteiger partial charge >= 0.3 is 12.1 Å². The molecule has 80 valence electrons. The average Bonchev–Trinajstić information content (AvgIpc) is 2.82. The number of alkyl halides is 3. The molecule has 0 atom stereocenters. The van der Waals surface area contributed by atoms with Gasteiger partial charge in [0, 0.05) is 0 Å². The van der Waals surface area contributed by atoms with Crippen LogP contribution >= 0.6 is 0 Å². The number of halogens is 4. The second-order valence-electron chi connectivity index (χ2n) is 3.04. The summed E-state index contributed by atoms with van der Waals surface area (Å²) >= 11 is 0. The molecule has 0 N–H and O–H groups in total. The molecule has 14 heavy (non-hydrogen) atoms. The van der Waals surface area contributed by atoms with Gasteiger partial charge in [0.25, 0.3) is 0 Å². The van der Waals surface area contributed by atoms with E-state index in [0.717, 1.165) is 18.9 Å². The highest BCUT2D eigenvalue weighted by Crippen LogP contribution is 2.31. The van der Waals surface area contributed by atoms with Crippen molar-refractivity contribution in [2.75, 3.05) is 6.61 Å². The van der Waals surface area contributed by atoms with Crippen LogP contribution in [-0.2, 0) is 9.53 Å². The molecule has 0 aliphatic heterocycles. The van der Waals surface area contributed by atoms with Crippen molar-refractivity contribution in [1.82, 2.24) is 0 Å². The largest absolute Gasteiger partial charge is 0.451 e. The molecule has 0 radical (unpaired) electrons. The zero-order valence-electron chi connectivity index (χ0n) is 7.10. The van der Waals surface area contributed by atoms with Crippen LogP contribution in [0.2, 0.25) is 0 Å². The molecule has 2 nitrogen and oxygen atoms in total. The molecule has 1 aliphatic rings. The molecule has 0 heterocycles. The van der Waals surface area contributed by atoms with Crippen molar-refractivity contribution in [2.24, 2.45) is 5.92 Å². The van der Waals surface area contributed by atoms with Crippen molar-refractivity contribution < 1.29 is 27.1 Å². The second-order valence-corrected chi connectivity index (χ2v) is 3.04. The summed E-state index contributed by atoms with van der Waals surface area (Å²) in [6.45, 7) is -1.75. The summed E-state index contributed by atoms with van der Waals surface area (Å²) in [7, 11) is 0. The van der Waals surface area contributed by atoms with Crippen LogP contribution in [0.25, 0.3) is 0 Å². The van der Waals surface area contributed by atoms with Crippen LogP contribution in [0.15, 0.2) is 11.9 Å². The third-order valence-electron chi connectivity index (χ3n) is 1.57. The fourth-order valence-electron chi connectivity index (χ4n) is 0.754. The van der Waals surface area contributed by atoms with Crippen molar-refractivity contribution in [3.63, 3.8) is 0 Å². The standard InChI is InChI=1S/C8H8F4O2/c9-6(3-5-1-2-5)7(13)14-4-8(10,11)12/h3,5H,1-2,4H2/b6-3+. The third-order valence-corrected chi connectivity index (χ3v) is 1.57. The number of carbonyl (C=O) groups is 1. The average molecular weight is 212 g/mol. The maximum absolute atomic E-state index is 12.7. The Morgan fingerprint density at radius 3 is 2.43 bits per heavy atom. The molecule has 0 saturated heterocycles. The normalized spacial score (nSPS) is 18.1. The first-order chi connectivity index (χ1) is 6.38. The zero-order chi connectivity index (χ0) is 10.8. The highest BCUT2D eigenvalue weighted by Gasteiger charge is 2.31. The monoisotopic (exact) mass is 212 g/mol. The summed E-state index contributed by atoms with van der Waals surface area (Å²) in [6, 6.07) is 0. The van der Waals surface area contributed by atoms with Crippen LogP contribution in [0.3, 0.4) is 0 Å². The fraction of sp³-hybridized carbons (Fsp3) is 0.625. The van der Waals surface area contributed by atoms with Crippen molar-refractivity contribution >= 4 is 5.97 Å². The van der Waals surface area contributed by atoms with Gasteiger partial charge in [-0.3, -0.25) is 0 Å². The molecule has 1 rings (SSSR count). The van der Waals surface area contributed by atoms with Gasteiger partial charge in [-0.2, -0.15) is 17.6 Å². The summed E-state index contributed by atoms with van der Waals surface area (Å²) in [4.78, 5) is 10.6. The van der Waals surface area contributed by atoms with Crippen LogP contribution < -0.4 is 0 Å². The van der Waals surface area contributed by atoms with Crippen molar-refractivity contribution in [3.8, 4) is 0 Å². The first-order valence-corrected chi connectivity index (χ1v) is 3.99. The van der Waals surface area contributed by atoms with E-state index >= 15 is 0 Å². The minimum atomic E-state index is -4.62. The molecular weight excluding hydrogens is 204 g/mol. The van der Waals surface area contributed by atoms with Crippen LogP contribution in [-0.4, -0.2) is 18.8 Å². The lowest BCUT2D eigenvalue weighted by Crippen LogP contribution is -2.20. The van der Waals surface area contributed by atoms with Gasteiger partial charge in [-0.25, -0.2) is 4.79 Å². The molecule has 0 spiro atoms. The molecule has 0 aromatic carbocycles. The predicted molar refractivity (Wildman–Crippen MR) is 38.9 cm³/mol. The first kappa shape index (κ1) is 11.0. The summed E-state index contributed by atoms with van der Waals surface area (Å²) in [6.07, 6.45) is -2.09. The number of carbonyl (C=O) groups excluding carboxylic acids is 1. The number of allylic oxidation sites excluding steroid dienone is 1. The van der Waals surface area contributed by atoms with E-state index in [1.807, 2.05) is 0 Å². The molecule has 0 bridgehead atoms. The minimum absolute atomic E-state index is 0.0200. The molecule has 0 aromatic heterocycles. The topological polar surface area (TPSA) is 26.3 Å². The van der Waals surface area contributed by atoms with Crippen LogP contribution in [0.5, 0.6) is 0 Å². The summed E-state index contributed by atoms with van der Waals surface area (Å²) in [5.41, 5.74) is 0. The quantitative estimate of drug-likeness (QED) is 0.407. The van der Waals surface area contributed by atoms with Crippen LogP contribution in [0, 0.1) is 5.92 Å². The Hall–Kier alpha value is -1.07. The SMILES string of the molecule is O=C(OCC(F)(F)F)/C(F)=C\C1CC1. The number of esters is 1. The van der Waals surface area contributed by atoms with Crippen LogP contribution in [0.4, 0.5) is 17.6 Å². The Bertz CT molecular complexity index is 253. The van der Waals surface area contributed by atoms with Gasteiger partial charge in [-0.05, 0) is 24.8 Å². The summed E-state index contributed by atoms with van der Waals surface area (Å²) in [5, 5.41) is 0. The highest BCUT2D eigenvalue weighted by atomic mass is 19.4. The van der Waals surface area contributed by atoms with Gasteiger partial charge in [0.05, 0.1) is 0 Å². The Kier molecular flexibility index (Phi) is 3.13. The molecule has 0 amide bonds. The summed E-state index contributed by atoms with van der Waals surface area (Å²) < 4.78 is 51.0. The van der Waals surface area contributed by atoms with Gasteiger partial charge in [0.1, 0.15) is 0 Å². The lowest BCUT2D eigenvalue weighted by molar-refractivity contribution is -0.184. The Labute approximate surface area is 77.5 Å². The third kappa shape index (κ3) is 4.25. The van der Waals surface area contributed by atoms with E-state index in [1.54, 1.807) is 0 Å². The van der Waals surface area contributed by atoms with Gasteiger partial charge < -0.3 is 4.74 Å². The van der Waals surface area contributed by atoms with E-state index in [0.29, 0.717) is 0 Å². The van der Waals surface area contributed by atoms with Crippen molar-refractivity contribution in [2.45, 2.75) is 19.0 Å². The molecule has 1 aliphatic carbocycles. The van der Waals surface area contributed by atoms with Gasteiger partial charge in [0.15, 0.2) is 6.61 Å². The first-order valence-electron chi connectivity index (χ1n) is 3.99. The Balaban J connectivity index is 2.33. The van der Waals surface area contributed by atoms with Crippen LogP contribution in [0.1, 0.15) is 12.8 Å². The Morgan fingerprint density at radius 2 is 2.00 bits per heavy atom. The minimum Gasteiger partial charge on any atom is -0.451 e. The smallest absolute Gasteiger partial charge is 0.422 e. The van der Waals surface area contributed by atoms with E-state index in [1.165, 1.54) is 0 Å². The molecule has 1 saturated carbocycles. The number of hydrogen-bond acceptors (Lipinski definition) is 2. The van der Waals surface area contributed by atoms with Crippen molar-refractivity contribution in [1.29, 1.82) is 0 Å². The Morgan fingerprint density at radius 1 is 1.43 bits per heavy atom. The van der Waals surface area contributed by atoms with E-state index < -0.39 is 24.6 Å². The van der Waals surface area contributed by atoms with E-state index in [2.05, 4.69) is 4.74 Å². The maximum atomic E-state index is 12.7. The number of hydrogen-bond donors (Lipinski definition) is 0. The predicted octanol–water partition coefficient (Wildman–Crippen LogP) is 2.36. The highest BCUT2D eigenvalue weighted by molar-refractivity contribution is 5.86. The molecule has 1 fully saturated rings. The van der Waals surface area contributed by atoms with Crippen molar-refractivity contribution in [3.05, 3.63) is 11.9 Å². The van der Waals surface area contributed by atoms with E-state index in [9.17, 15) is 22.4 Å². The molecule has 0 aromatic rings. The maximum Gasteiger partial charge on any atom is 0.422 e. The molecule has 0 unspecified atom stereocenters. The zero-order valence-corrected chi connectivity index (χ0v) is 7.10. The second kappa shape index (κ2) is 3.98. The van der Waals surface area contributed by atoms with Gasteiger partial charge in [-0.1, -0.05) is 0 Å². The van der Waals surface area contributed by atoms with E-state index in [-0.39, 0.29) is 5.92 Å². The van der Waals surface area contributed by atoms with E-state index in [4.69, 9.17) is 0 Å². The lowest BCUT2D eigenvalue weighted by atomic mass is 10.3. The van der Waals surface area contributed by atoms with Gasteiger partial charge in [0.2, 0.25) is 5.83 Å². The number of ether oxygens (including phenoxy) is 1. The number of rotatable bonds is 3. The molecular formula is C8H8F4O2. The molecule has 6 heteroatoms. The summed E-state index contributed by atoms with van der Waals surface area (Å²) in [5.74, 6) is -2.81. The fourth-order valence-corrected chi connectivity index (χ4v) is 0.754. The van der Waals surface area contributed by atoms with Gasteiger partial charge in [-0.15, -0.1) is 0 Å².